The number of nitrogens with one attached hydrogen (secondary N) is 1. The molecule has 1 atom stereocenters. The molecule has 2 aliphatic rings. The number of hydrogen-bond donors (Lipinski definition) is 1. The van der Waals surface area contributed by atoms with Crippen molar-refractivity contribution in [3.05, 3.63) is 59.0 Å². The first kappa shape index (κ1) is 26.4. The Morgan fingerprint density at radius 2 is 1.97 bits per heavy atom. The molecule has 1 N–H and O–H groups in total. The van der Waals surface area contributed by atoms with Gasteiger partial charge in [-0.3, -0.25) is 4.68 Å². The largest absolute Gasteiger partial charge is 0.462 e. The number of piperidine rings is 1. The molecular weight excluding hydrogens is 514 g/mol. The molecule has 2 saturated heterocycles. The molecule has 2 aromatic heterocycles. The van der Waals surface area contributed by atoms with Crippen LogP contribution in [-0.4, -0.2) is 66.6 Å². The first-order valence-corrected chi connectivity index (χ1v) is 13.3. The highest BCUT2D eigenvalue weighted by Crippen LogP contribution is 2.38. The van der Waals surface area contributed by atoms with Crippen LogP contribution in [0.15, 0.2) is 42.7 Å². The average Bonchev–Trinajstić information content (AvgIpc) is 3.40. The topological polar surface area (TPSA) is 75.5 Å². The van der Waals surface area contributed by atoms with Crippen LogP contribution in [0.4, 0.5) is 20.3 Å². The average molecular weight is 545 g/mol. The van der Waals surface area contributed by atoms with Crippen molar-refractivity contribution in [1.82, 2.24) is 20.1 Å². The van der Waals surface area contributed by atoms with Gasteiger partial charge in [0.1, 0.15) is 17.1 Å². The third-order valence-electron chi connectivity index (χ3n) is 7.08. The number of aromatic nitrogens is 3. The number of carbonyl (C=O) groups is 1. The Kier molecular flexibility index (Phi) is 8.09. The van der Waals surface area contributed by atoms with E-state index in [2.05, 4.69) is 26.3 Å². The number of anilines is 2. The molecule has 0 amide bonds. The van der Waals surface area contributed by atoms with Gasteiger partial charge >= 0.3 is 5.97 Å². The second kappa shape index (κ2) is 11.7. The van der Waals surface area contributed by atoms with E-state index in [9.17, 15) is 13.6 Å². The molecule has 0 spiro atoms. The third kappa shape index (κ3) is 5.47. The molecular formula is C27H31ClF2N6O2. The van der Waals surface area contributed by atoms with E-state index in [0.717, 1.165) is 61.8 Å². The number of pyridine rings is 1. The summed E-state index contributed by atoms with van der Waals surface area (Å²) in [5, 5.41) is 8.15. The molecule has 11 heteroatoms. The molecule has 0 saturated carbocycles. The van der Waals surface area contributed by atoms with Crippen molar-refractivity contribution < 1.29 is 18.3 Å². The zero-order valence-corrected chi connectivity index (χ0v) is 22.0. The summed E-state index contributed by atoms with van der Waals surface area (Å²) in [7, 11) is 0. The lowest BCUT2D eigenvalue weighted by Gasteiger charge is -2.36. The smallest absolute Gasteiger partial charge is 0.341 e. The number of esters is 1. The van der Waals surface area contributed by atoms with E-state index < -0.39 is 18.1 Å². The highest BCUT2D eigenvalue weighted by molar-refractivity contribution is 6.31. The Balaban J connectivity index is 1.42. The minimum Gasteiger partial charge on any atom is -0.462 e. The van der Waals surface area contributed by atoms with Gasteiger partial charge in [0, 0.05) is 67.3 Å². The minimum absolute atomic E-state index is 0.104. The van der Waals surface area contributed by atoms with Crippen molar-refractivity contribution >= 4 is 29.1 Å². The predicted octanol–water partition coefficient (Wildman–Crippen LogP) is 4.96. The van der Waals surface area contributed by atoms with Gasteiger partial charge in [0.2, 0.25) is 0 Å². The van der Waals surface area contributed by atoms with E-state index in [1.54, 1.807) is 6.92 Å². The molecule has 2 fully saturated rings. The minimum atomic E-state index is -2.85. The number of piperazine rings is 1. The molecule has 0 aliphatic carbocycles. The second-order valence-electron chi connectivity index (χ2n) is 9.45. The maximum Gasteiger partial charge on any atom is 0.341 e. The lowest BCUT2D eigenvalue weighted by molar-refractivity contribution is 0.0512. The molecule has 202 valence electrons. The Bertz CT molecular complexity index is 1260. The summed E-state index contributed by atoms with van der Waals surface area (Å²) in [6.45, 7) is 6.64. The van der Waals surface area contributed by atoms with Crippen LogP contribution < -0.4 is 15.1 Å². The van der Waals surface area contributed by atoms with Gasteiger partial charge in [-0.1, -0.05) is 17.7 Å². The first-order valence-electron chi connectivity index (χ1n) is 13.0. The molecule has 38 heavy (non-hydrogen) atoms. The van der Waals surface area contributed by atoms with Crippen LogP contribution in [-0.2, 0) is 4.74 Å². The lowest BCUT2D eigenvalue weighted by Crippen LogP contribution is -2.43. The lowest BCUT2D eigenvalue weighted by atomic mass is 10.00. The summed E-state index contributed by atoms with van der Waals surface area (Å²) in [4.78, 5) is 21.4. The number of halogens is 3. The molecule has 2 aliphatic heterocycles. The van der Waals surface area contributed by atoms with E-state index in [-0.39, 0.29) is 18.2 Å². The summed E-state index contributed by atoms with van der Waals surface area (Å²) in [6, 6.07) is 9.49. The molecule has 1 unspecified atom stereocenters. The van der Waals surface area contributed by atoms with Crippen LogP contribution in [0.3, 0.4) is 0 Å². The molecule has 5 rings (SSSR count). The number of benzene rings is 1. The summed E-state index contributed by atoms with van der Waals surface area (Å²) >= 11 is 6.42. The number of nitrogens with zero attached hydrogens (tertiary/aromatic N) is 5. The van der Waals surface area contributed by atoms with E-state index in [4.69, 9.17) is 21.3 Å². The second-order valence-corrected chi connectivity index (χ2v) is 9.89. The highest BCUT2D eigenvalue weighted by atomic mass is 35.5. The summed E-state index contributed by atoms with van der Waals surface area (Å²) < 4.78 is 34.5. The summed E-state index contributed by atoms with van der Waals surface area (Å²) in [5.74, 6) is 0.162. The Morgan fingerprint density at radius 1 is 1.16 bits per heavy atom. The fraction of sp³-hybridized carbons (Fsp3) is 0.444. The van der Waals surface area contributed by atoms with Gasteiger partial charge in [0.05, 0.1) is 18.8 Å². The quantitative estimate of drug-likeness (QED) is 0.421. The van der Waals surface area contributed by atoms with Crippen molar-refractivity contribution in [2.45, 2.75) is 32.2 Å². The number of alkyl halides is 2. The highest BCUT2D eigenvalue weighted by Gasteiger charge is 2.32. The fourth-order valence-corrected chi connectivity index (χ4v) is 5.42. The normalized spacial score (nSPS) is 18.2. The van der Waals surface area contributed by atoms with Crippen LogP contribution in [0.25, 0.3) is 11.1 Å². The Hall–Kier alpha value is -3.24. The van der Waals surface area contributed by atoms with Crippen LogP contribution in [0.2, 0.25) is 5.02 Å². The molecule has 4 heterocycles. The van der Waals surface area contributed by atoms with Crippen LogP contribution in [0, 0.1) is 0 Å². The fourth-order valence-electron chi connectivity index (χ4n) is 5.26. The molecule has 0 bridgehead atoms. The maximum atomic E-state index is 14.1. The van der Waals surface area contributed by atoms with Crippen LogP contribution in [0.5, 0.6) is 0 Å². The number of ether oxygens (including phenoxy) is 1. The number of hydrogen-bond acceptors (Lipinski definition) is 7. The van der Waals surface area contributed by atoms with Gasteiger partial charge in [0.25, 0.3) is 6.43 Å². The van der Waals surface area contributed by atoms with Crippen molar-refractivity contribution in [3.63, 3.8) is 0 Å². The summed E-state index contributed by atoms with van der Waals surface area (Å²) in [6.07, 6.45) is 1.65. The van der Waals surface area contributed by atoms with Crippen molar-refractivity contribution in [3.8, 4) is 11.1 Å². The van der Waals surface area contributed by atoms with Gasteiger partial charge in [-0.25, -0.2) is 18.6 Å². The maximum absolute atomic E-state index is 14.1. The third-order valence-corrected chi connectivity index (χ3v) is 7.31. The van der Waals surface area contributed by atoms with Crippen molar-refractivity contribution in [2.75, 3.05) is 55.7 Å². The zero-order chi connectivity index (χ0) is 26.6. The Labute approximate surface area is 225 Å². The molecule has 1 aromatic carbocycles. The molecule has 3 aromatic rings. The monoisotopic (exact) mass is 544 g/mol. The van der Waals surface area contributed by atoms with Gasteiger partial charge in [-0.05, 0) is 44.0 Å². The summed E-state index contributed by atoms with van der Waals surface area (Å²) in [5.41, 5.74) is 2.26. The van der Waals surface area contributed by atoms with E-state index in [1.807, 2.05) is 30.5 Å². The van der Waals surface area contributed by atoms with Crippen molar-refractivity contribution in [1.29, 1.82) is 0 Å². The van der Waals surface area contributed by atoms with E-state index in [1.165, 1.54) is 10.9 Å². The van der Waals surface area contributed by atoms with Gasteiger partial charge in [-0.2, -0.15) is 5.10 Å². The molecule has 8 nitrogen and oxygen atoms in total. The van der Waals surface area contributed by atoms with E-state index in [0.29, 0.717) is 18.0 Å². The SMILES string of the molecule is CCOC(=O)c1cnn(C2CCCN(c3cc(Cl)ccc3-c3ccc(N4CCNCC4)nc3)C2)c1C(F)F. The van der Waals surface area contributed by atoms with Gasteiger partial charge < -0.3 is 19.9 Å². The first-order chi connectivity index (χ1) is 18.5. The van der Waals surface area contributed by atoms with Crippen LogP contribution in [0.1, 0.15) is 48.3 Å². The van der Waals surface area contributed by atoms with Crippen molar-refractivity contribution in [2.24, 2.45) is 0 Å². The number of carbonyl (C=O) groups excluding carboxylic acids is 1. The van der Waals surface area contributed by atoms with E-state index >= 15 is 0 Å². The Morgan fingerprint density at radius 3 is 2.68 bits per heavy atom. The zero-order valence-electron chi connectivity index (χ0n) is 21.2. The van der Waals surface area contributed by atoms with Crippen LogP contribution >= 0.6 is 11.6 Å². The van der Waals surface area contributed by atoms with Gasteiger partial charge in [-0.15, -0.1) is 0 Å². The predicted molar refractivity (Wildman–Crippen MR) is 143 cm³/mol. The molecule has 0 radical (unpaired) electrons. The number of rotatable bonds is 7. The van der Waals surface area contributed by atoms with Gasteiger partial charge in [0.15, 0.2) is 0 Å². The standard InChI is InChI=1S/C27H31ClF2N6O2/c1-2-38-27(37)22-16-33-36(25(22)26(29)30)20-4-3-11-35(17-20)23-14-19(28)6-7-21(23)18-5-8-24(32-15-18)34-12-9-31-10-13-34/h5-8,14-16,20,26,31H,2-4,9-13,17H2,1H3.